The van der Waals surface area contributed by atoms with Gasteiger partial charge in [-0.2, -0.15) is 0 Å². The summed E-state index contributed by atoms with van der Waals surface area (Å²) in [5.41, 5.74) is 1.43. The van der Waals surface area contributed by atoms with Crippen LogP contribution in [0.3, 0.4) is 0 Å². The number of aliphatic hydroxyl groups is 1. The highest BCUT2D eigenvalue weighted by molar-refractivity contribution is 9.10. The van der Waals surface area contributed by atoms with Crippen molar-refractivity contribution in [2.45, 2.75) is 6.10 Å². The van der Waals surface area contributed by atoms with Crippen molar-refractivity contribution < 1.29 is 14.3 Å². The van der Waals surface area contributed by atoms with Crippen LogP contribution in [0.15, 0.2) is 59.2 Å². The minimum atomic E-state index is -1.13. The van der Waals surface area contributed by atoms with Gasteiger partial charge in [0.25, 0.3) is 0 Å². The third-order valence-corrected chi connectivity index (χ3v) is 4.25. The van der Waals surface area contributed by atoms with Crippen LogP contribution >= 0.6 is 15.9 Å². The van der Waals surface area contributed by atoms with Gasteiger partial charge in [-0.05, 0) is 34.1 Å². The lowest BCUT2D eigenvalue weighted by molar-refractivity contribution is 0.170. The first-order valence-corrected chi connectivity index (χ1v) is 8.36. The molecule has 1 heterocycles. The Kier molecular flexibility index (Phi) is 5.25. The molecule has 0 saturated carbocycles. The van der Waals surface area contributed by atoms with Gasteiger partial charge < -0.3 is 15.7 Å². The van der Waals surface area contributed by atoms with Crippen LogP contribution in [0.25, 0.3) is 10.9 Å². The Balaban J connectivity index is 1.65. The van der Waals surface area contributed by atoms with Gasteiger partial charge in [0, 0.05) is 17.5 Å². The first-order valence-electron chi connectivity index (χ1n) is 7.57. The Morgan fingerprint density at radius 3 is 2.72 bits per heavy atom. The summed E-state index contributed by atoms with van der Waals surface area (Å²) in [6.07, 6.45) is -1.13. The van der Waals surface area contributed by atoms with Gasteiger partial charge in [0.15, 0.2) is 0 Å². The van der Waals surface area contributed by atoms with E-state index in [0.717, 1.165) is 10.9 Å². The number of carbonyl (C=O) groups excluding carboxylic acids is 1. The monoisotopic (exact) mass is 403 g/mol. The Hall–Kier alpha value is -2.51. The molecular formula is C18H15BrFN3O2. The molecule has 3 N–H and O–H groups in total. The lowest BCUT2D eigenvalue weighted by atomic mass is 10.1. The Labute approximate surface area is 152 Å². The number of para-hydroxylation sites is 1. The highest BCUT2D eigenvalue weighted by atomic mass is 79.9. The fourth-order valence-corrected chi connectivity index (χ4v) is 2.80. The molecule has 25 heavy (non-hydrogen) atoms. The number of aliphatic hydroxyl groups excluding tert-OH is 1. The van der Waals surface area contributed by atoms with Crippen molar-refractivity contribution in [2.75, 3.05) is 11.9 Å². The maximum Gasteiger partial charge on any atom is 0.319 e. The molecular weight excluding hydrogens is 389 g/mol. The topological polar surface area (TPSA) is 74.2 Å². The molecule has 128 valence electrons. The zero-order chi connectivity index (χ0) is 17.8. The van der Waals surface area contributed by atoms with Gasteiger partial charge in [0.05, 0.1) is 17.3 Å². The summed E-state index contributed by atoms with van der Waals surface area (Å²) in [5.74, 6) is -0.515. The number of anilines is 1. The number of fused-ring (bicyclic) bond motifs is 1. The predicted octanol–water partition coefficient (Wildman–Crippen LogP) is 3.99. The van der Waals surface area contributed by atoms with Gasteiger partial charge in [0.1, 0.15) is 10.4 Å². The van der Waals surface area contributed by atoms with Crippen molar-refractivity contribution in [3.05, 3.63) is 70.6 Å². The van der Waals surface area contributed by atoms with Crippen LogP contribution in [0.5, 0.6) is 0 Å². The molecule has 0 fully saturated rings. The Morgan fingerprint density at radius 2 is 1.92 bits per heavy atom. The molecule has 1 aromatic heterocycles. The summed E-state index contributed by atoms with van der Waals surface area (Å²) in [6, 6.07) is 14.7. The molecule has 2 aromatic carbocycles. The van der Waals surface area contributed by atoms with Gasteiger partial charge in [-0.15, -0.1) is 0 Å². The molecule has 5 nitrogen and oxygen atoms in total. The number of nitrogens with one attached hydrogen (secondary N) is 2. The third-order valence-electron chi connectivity index (χ3n) is 3.65. The van der Waals surface area contributed by atoms with Crippen LogP contribution < -0.4 is 10.6 Å². The fraction of sp³-hybridized carbons (Fsp3) is 0.111. The molecule has 0 aliphatic heterocycles. The average Bonchev–Trinajstić information content (AvgIpc) is 2.61. The number of nitrogens with zero attached hydrogens (tertiary/aromatic N) is 1. The number of rotatable bonds is 4. The number of amides is 2. The van der Waals surface area contributed by atoms with Crippen molar-refractivity contribution in [3.8, 4) is 0 Å². The van der Waals surface area contributed by atoms with Gasteiger partial charge >= 0.3 is 6.03 Å². The van der Waals surface area contributed by atoms with E-state index >= 15 is 0 Å². The number of hydrogen-bond donors (Lipinski definition) is 3. The van der Waals surface area contributed by atoms with Crippen molar-refractivity contribution in [1.29, 1.82) is 0 Å². The quantitative estimate of drug-likeness (QED) is 0.576. The zero-order valence-electron chi connectivity index (χ0n) is 13.0. The standard InChI is InChI=1S/C18H15BrFN3O2/c19-17-15(9-11-5-1-4-8-14(11)22-17)23-18(25)21-10-16(24)12-6-2-3-7-13(12)20/h1-9,16,24H,10H2,(H2,21,23,25). The number of carbonyl (C=O) groups is 1. The first-order chi connectivity index (χ1) is 12.0. The minimum absolute atomic E-state index is 0.120. The van der Waals surface area contributed by atoms with E-state index in [9.17, 15) is 14.3 Å². The summed E-state index contributed by atoms with van der Waals surface area (Å²) in [4.78, 5) is 16.4. The molecule has 2 amide bonds. The number of hydrogen-bond acceptors (Lipinski definition) is 3. The molecule has 0 aliphatic rings. The van der Waals surface area contributed by atoms with Crippen molar-refractivity contribution in [1.82, 2.24) is 10.3 Å². The van der Waals surface area contributed by atoms with Crippen LogP contribution in [0.1, 0.15) is 11.7 Å². The van der Waals surface area contributed by atoms with Crippen LogP contribution in [0, 0.1) is 5.82 Å². The van der Waals surface area contributed by atoms with E-state index in [1.54, 1.807) is 12.1 Å². The molecule has 3 aromatic rings. The van der Waals surface area contributed by atoms with Gasteiger partial charge in [0.2, 0.25) is 0 Å². The maximum absolute atomic E-state index is 13.6. The van der Waals surface area contributed by atoms with Crippen molar-refractivity contribution >= 4 is 38.6 Å². The second-order valence-electron chi connectivity index (χ2n) is 5.39. The Morgan fingerprint density at radius 1 is 1.20 bits per heavy atom. The second-order valence-corrected chi connectivity index (χ2v) is 6.14. The molecule has 0 spiro atoms. The van der Waals surface area contributed by atoms with E-state index in [2.05, 4.69) is 31.5 Å². The highest BCUT2D eigenvalue weighted by Gasteiger charge is 2.14. The lowest BCUT2D eigenvalue weighted by Gasteiger charge is -2.14. The van der Waals surface area contributed by atoms with E-state index < -0.39 is 18.0 Å². The number of halogens is 2. The smallest absolute Gasteiger partial charge is 0.319 e. The van der Waals surface area contributed by atoms with E-state index in [1.807, 2.05) is 24.3 Å². The van der Waals surface area contributed by atoms with Crippen molar-refractivity contribution in [2.24, 2.45) is 0 Å². The largest absolute Gasteiger partial charge is 0.386 e. The average molecular weight is 404 g/mol. The minimum Gasteiger partial charge on any atom is -0.386 e. The van der Waals surface area contributed by atoms with E-state index in [0.29, 0.717) is 10.3 Å². The van der Waals surface area contributed by atoms with E-state index in [4.69, 9.17) is 0 Å². The molecule has 7 heteroatoms. The summed E-state index contributed by atoms with van der Waals surface area (Å²) in [6.45, 7) is -0.120. The summed E-state index contributed by atoms with van der Waals surface area (Å²) in [7, 11) is 0. The van der Waals surface area contributed by atoms with Gasteiger partial charge in [-0.3, -0.25) is 0 Å². The van der Waals surface area contributed by atoms with Crippen LogP contribution in [0.4, 0.5) is 14.9 Å². The number of urea groups is 1. The first kappa shape index (κ1) is 17.3. The third kappa shape index (κ3) is 4.12. The van der Waals surface area contributed by atoms with E-state index in [-0.39, 0.29) is 12.1 Å². The number of benzene rings is 2. The maximum atomic E-state index is 13.6. The normalized spacial score (nSPS) is 12.0. The molecule has 3 rings (SSSR count). The summed E-state index contributed by atoms with van der Waals surface area (Å²) >= 11 is 3.32. The van der Waals surface area contributed by atoms with Crippen molar-refractivity contribution in [3.63, 3.8) is 0 Å². The summed E-state index contributed by atoms with van der Waals surface area (Å²) in [5, 5.41) is 16.1. The molecule has 1 atom stereocenters. The van der Waals surface area contributed by atoms with Gasteiger partial charge in [-0.25, -0.2) is 14.2 Å². The fourth-order valence-electron chi connectivity index (χ4n) is 2.39. The van der Waals surface area contributed by atoms with Crippen LogP contribution in [-0.4, -0.2) is 22.7 Å². The molecule has 0 aliphatic carbocycles. The molecule has 0 radical (unpaired) electrons. The van der Waals surface area contributed by atoms with E-state index in [1.165, 1.54) is 18.2 Å². The predicted molar refractivity (Wildman–Crippen MR) is 97.8 cm³/mol. The van der Waals surface area contributed by atoms with Crippen LogP contribution in [0.2, 0.25) is 0 Å². The van der Waals surface area contributed by atoms with Crippen LogP contribution in [-0.2, 0) is 0 Å². The van der Waals surface area contributed by atoms with Gasteiger partial charge in [-0.1, -0.05) is 36.4 Å². The lowest BCUT2D eigenvalue weighted by Crippen LogP contribution is -2.32. The Bertz CT molecular complexity index is 920. The number of pyridine rings is 1. The highest BCUT2D eigenvalue weighted by Crippen LogP contribution is 2.25. The molecule has 1 unspecified atom stereocenters. The summed E-state index contributed by atoms with van der Waals surface area (Å²) < 4.78 is 14.1. The molecule has 0 bridgehead atoms. The molecule has 0 saturated heterocycles. The second kappa shape index (κ2) is 7.58. The number of aromatic nitrogens is 1. The SMILES string of the molecule is O=C(NCC(O)c1ccccc1F)Nc1cc2ccccc2nc1Br. The zero-order valence-corrected chi connectivity index (χ0v) is 14.6.